The highest BCUT2D eigenvalue weighted by atomic mass is 16.5. The Kier molecular flexibility index (Phi) is 3.49. The number of rotatable bonds is 2. The number of hydrogen-bond donors (Lipinski definition) is 1. The van der Waals surface area contributed by atoms with Crippen molar-refractivity contribution in [1.82, 2.24) is 5.32 Å². The van der Waals surface area contributed by atoms with Crippen molar-refractivity contribution in [3.8, 4) is 5.75 Å². The highest BCUT2D eigenvalue weighted by molar-refractivity contribution is 5.44. The van der Waals surface area contributed by atoms with Crippen molar-refractivity contribution in [2.24, 2.45) is 0 Å². The molecule has 16 heavy (non-hydrogen) atoms. The van der Waals surface area contributed by atoms with E-state index in [1.165, 1.54) is 36.0 Å². The standard InChI is InChI=1S/C14H21NO/c1-10-8-12(9-11(2)14(10)16-3)13-6-4-5-7-15-13/h8-9,13,15H,4-7H2,1-3H3. The van der Waals surface area contributed by atoms with Gasteiger partial charge in [0.1, 0.15) is 5.75 Å². The molecule has 0 saturated carbocycles. The van der Waals surface area contributed by atoms with Crippen molar-refractivity contribution in [2.45, 2.75) is 39.2 Å². The molecule has 2 rings (SSSR count). The van der Waals surface area contributed by atoms with E-state index >= 15 is 0 Å². The van der Waals surface area contributed by atoms with E-state index in [0.29, 0.717) is 6.04 Å². The molecule has 2 nitrogen and oxygen atoms in total. The van der Waals surface area contributed by atoms with Crippen molar-refractivity contribution >= 4 is 0 Å². The van der Waals surface area contributed by atoms with Crippen LogP contribution in [0.4, 0.5) is 0 Å². The number of methoxy groups -OCH3 is 1. The average Bonchev–Trinajstić information content (AvgIpc) is 2.30. The molecule has 1 aliphatic rings. The van der Waals surface area contributed by atoms with Crippen LogP contribution in [0.25, 0.3) is 0 Å². The minimum atomic E-state index is 0.539. The van der Waals surface area contributed by atoms with Gasteiger partial charge in [-0.05, 0) is 49.9 Å². The zero-order chi connectivity index (χ0) is 11.5. The lowest BCUT2D eigenvalue weighted by Gasteiger charge is -2.25. The Balaban J connectivity index is 2.28. The Hall–Kier alpha value is -1.02. The van der Waals surface area contributed by atoms with Gasteiger partial charge >= 0.3 is 0 Å². The first-order chi connectivity index (χ1) is 7.72. The second kappa shape index (κ2) is 4.88. The molecule has 88 valence electrons. The third-order valence-electron chi connectivity index (χ3n) is 3.40. The van der Waals surface area contributed by atoms with E-state index in [4.69, 9.17) is 4.74 Å². The fourth-order valence-electron chi connectivity index (χ4n) is 2.64. The molecular weight excluding hydrogens is 198 g/mol. The van der Waals surface area contributed by atoms with Crippen LogP contribution in [-0.2, 0) is 0 Å². The maximum atomic E-state index is 5.40. The van der Waals surface area contributed by atoms with Crippen LogP contribution in [0.5, 0.6) is 5.75 Å². The summed E-state index contributed by atoms with van der Waals surface area (Å²) in [4.78, 5) is 0. The van der Waals surface area contributed by atoms with Crippen molar-refractivity contribution in [1.29, 1.82) is 0 Å². The Bertz CT molecular complexity index is 344. The van der Waals surface area contributed by atoms with Gasteiger partial charge in [-0.2, -0.15) is 0 Å². The molecule has 0 aromatic heterocycles. The zero-order valence-corrected chi connectivity index (χ0v) is 10.5. The first-order valence-electron chi connectivity index (χ1n) is 6.11. The van der Waals surface area contributed by atoms with Crippen molar-refractivity contribution < 1.29 is 4.74 Å². The largest absolute Gasteiger partial charge is 0.496 e. The van der Waals surface area contributed by atoms with Crippen LogP contribution >= 0.6 is 0 Å². The first kappa shape index (κ1) is 11.5. The molecule has 1 unspecified atom stereocenters. The van der Waals surface area contributed by atoms with Gasteiger partial charge in [0, 0.05) is 6.04 Å². The van der Waals surface area contributed by atoms with Gasteiger partial charge in [0.05, 0.1) is 7.11 Å². The topological polar surface area (TPSA) is 21.3 Å². The van der Waals surface area contributed by atoms with Gasteiger partial charge in [0.2, 0.25) is 0 Å². The molecule has 0 amide bonds. The summed E-state index contributed by atoms with van der Waals surface area (Å²) in [5.41, 5.74) is 3.89. The van der Waals surface area contributed by atoms with Crippen LogP contribution in [0.2, 0.25) is 0 Å². The molecule has 2 heteroatoms. The van der Waals surface area contributed by atoms with E-state index in [1.807, 2.05) is 0 Å². The fourth-order valence-corrected chi connectivity index (χ4v) is 2.64. The summed E-state index contributed by atoms with van der Waals surface area (Å²) >= 11 is 0. The molecule has 0 bridgehead atoms. The quantitative estimate of drug-likeness (QED) is 0.825. The molecule has 1 fully saturated rings. The number of nitrogens with one attached hydrogen (secondary N) is 1. The van der Waals surface area contributed by atoms with Crippen molar-refractivity contribution in [3.05, 3.63) is 28.8 Å². The summed E-state index contributed by atoms with van der Waals surface area (Å²) in [5, 5.41) is 3.59. The highest BCUT2D eigenvalue weighted by Gasteiger charge is 2.16. The van der Waals surface area contributed by atoms with E-state index < -0.39 is 0 Å². The van der Waals surface area contributed by atoms with Crippen molar-refractivity contribution in [2.75, 3.05) is 13.7 Å². The van der Waals surface area contributed by atoms with Gasteiger partial charge < -0.3 is 10.1 Å². The monoisotopic (exact) mass is 219 g/mol. The molecule has 1 aliphatic heterocycles. The fraction of sp³-hybridized carbons (Fsp3) is 0.571. The molecule has 0 spiro atoms. The molecule has 0 aliphatic carbocycles. The minimum absolute atomic E-state index is 0.539. The smallest absolute Gasteiger partial charge is 0.124 e. The summed E-state index contributed by atoms with van der Waals surface area (Å²) in [7, 11) is 1.74. The molecule has 1 heterocycles. The summed E-state index contributed by atoms with van der Waals surface area (Å²) < 4.78 is 5.40. The highest BCUT2D eigenvalue weighted by Crippen LogP contribution is 2.30. The van der Waals surface area contributed by atoms with Gasteiger partial charge in [0.15, 0.2) is 0 Å². The molecule has 1 atom stereocenters. The van der Waals surface area contributed by atoms with Gasteiger partial charge in [-0.15, -0.1) is 0 Å². The maximum absolute atomic E-state index is 5.40. The third kappa shape index (κ3) is 2.22. The number of hydrogen-bond acceptors (Lipinski definition) is 2. The number of ether oxygens (including phenoxy) is 1. The van der Waals surface area contributed by atoms with Crippen LogP contribution in [0.15, 0.2) is 12.1 Å². The van der Waals surface area contributed by atoms with Gasteiger partial charge in [-0.1, -0.05) is 18.6 Å². The molecule has 1 saturated heterocycles. The van der Waals surface area contributed by atoms with E-state index in [9.17, 15) is 0 Å². The summed E-state index contributed by atoms with van der Waals surface area (Å²) in [6.45, 7) is 5.39. The van der Waals surface area contributed by atoms with Gasteiger partial charge in [-0.25, -0.2) is 0 Å². The summed E-state index contributed by atoms with van der Waals surface area (Å²) in [6.07, 6.45) is 3.90. The molecule has 1 aromatic rings. The number of aryl methyl sites for hydroxylation is 2. The third-order valence-corrected chi connectivity index (χ3v) is 3.40. The second-order valence-corrected chi connectivity index (χ2v) is 4.69. The molecule has 1 aromatic carbocycles. The zero-order valence-electron chi connectivity index (χ0n) is 10.5. The second-order valence-electron chi connectivity index (χ2n) is 4.69. The van der Waals surface area contributed by atoms with E-state index in [0.717, 1.165) is 12.3 Å². The van der Waals surface area contributed by atoms with E-state index in [2.05, 4.69) is 31.3 Å². The average molecular weight is 219 g/mol. The Morgan fingerprint density at radius 1 is 1.19 bits per heavy atom. The normalized spacial score (nSPS) is 20.8. The van der Waals surface area contributed by atoms with E-state index in [-0.39, 0.29) is 0 Å². The van der Waals surface area contributed by atoms with E-state index in [1.54, 1.807) is 7.11 Å². The van der Waals surface area contributed by atoms with Crippen LogP contribution in [-0.4, -0.2) is 13.7 Å². The lowest BCUT2D eigenvalue weighted by Crippen LogP contribution is -2.26. The predicted octanol–water partition coefficient (Wildman–Crippen LogP) is 3.13. The Labute approximate surface area is 98.0 Å². The lowest BCUT2D eigenvalue weighted by atomic mass is 9.94. The first-order valence-corrected chi connectivity index (χ1v) is 6.11. The number of benzene rings is 1. The molecule has 0 radical (unpaired) electrons. The summed E-state index contributed by atoms with van der Waals surface area (Å²) in [5.74, 6) is 1.03. The maximum Gasteiger partial charge on any atom is 0.124 e. The minimum Gasteiger partial charge on any atom is -0.496 e. The van der Waals surface area contributed by atoms with Crippen molar-refractivity contribution in [3.63, 3.8) is 0 Å². The van der Waals surface area contributed by atoms with Crippen LogP contribution in [0, 0.1) is 13.8 Å². The Morgan fingerprint density at radius 3 is 2.38 bits per heavy atom. The van der Waals surface area contributed by atoms with Crippen LogP contribution < -0.4 is 10.1 Å². The van der Waals surface area contributed by atoms with Gasteiger partial charge in [-0.3, -0.25) is 0 Å². The Morgan fingerprint density at radius 2 is 1.88 bits per heavy atom. The number of piperidine rings is 1. The van der Waals surface area contributed by atoms with Crippen LogP contribution in [0.3, 0.4) is 0 Å². The molecular formula is C14H21NO. The SMILES string of the molecule is COc1c(C)cc(C2CCCCN2)cc1C. The molecule has 1 N–H and O–H groups in total. The summed E-state index contributed by atoms with van der Waals surface area (Å²) in [6, 6.07) is 5.06. The van der Waals surface area contributed by atoms with Gasteiger partial charge in [0.25, 0.3) is 0 Å². The lowest BCUT2D eigenvalue weighted by molar-refractivity contribution is 0.401. The predicted molar refractivity (Wildman–Crippen MR) is 67.1 cm³/mol. The van der Waals surface area contributed by atoms with Crippen LogP contribution in [0.1, 0.15) is 42.0 Å².